The normalized spacial score (nSPS) is 5.33. The third kappa shape index (κ3) is 9.63. The summed E-state index contributed by atoms with van der Waals surface area (Å²) in [5, 5.41) is 0. The van der Waals surface area contributed by atoms with E-state index < -0.39 is 0 Å². The second-order valence-corrected chi connectivity index (χ2v) is 20.0. The minimum absolute atomic E-state index is 0. The quantitative estimate of drug-likeness (QED) is 0.669. The maximum atomic E-state index is 4.73. The molecule has 1 nitrogen and oxygen atoms in total. The van der Waals surface area contributed by atoms with Gasteiger partial charge in [-0.05, 0) is 0 Å². The Morgan fingerprint density at radius 1 is 1.17 bits per heavy atom. The van der Waals surface area contributed by atoms with Crippen molar-refractivity contribution in [3.8, 4) is 0 Å². The number of rotatable bonds is 2. The van der Waals surface area contributed by atoms with Crippen molar-refractivity contribution in [1.82, 2.24) is 0 Å². The molecule has 6 heavy (non-hydrogen) atoms. The molecule has 0 aromatic carbocycles. The predicted molar refractivity (Wildman–Crippen MR) is 37.9 cm³/mol. The van der Waals surface area contributed by atoms with Crippen molar-refractivity contribution in [3.63, 3.8) is 0 Å². The molecule has 0 bridgehead atoms. The molecule has 0 saturated heterocycles. The molecular weight excluding hydrogens is 356 g/mol. The average Bonchev–Trinajstić information content (AvgIpc) is 1.41. The Morgan fingerprint density at radius 2 is 1.50 bits per heavy atom. The van der Waals surface area contributed by atoms with Crippen LogP contribution in [0.1, 0.15) is 0 Å². The van der Waals surface area contributed by atoms with Crippen LogP contribution >= 0.6 is 24.3 Å². The monoisotopic (exact) mass is 356 g/mol. The Labute approximate surface area is 65.0 Å². The zero-order valence-electron chi connectivity index (χ0n) is 2.62. The van der Waals surface area contributed by atoms with Crippen molar-refractivity contribution in [2.24, 2.45) is 0 Å². The molecular formula is H2OS3Sb2. The van der Waals surface area contributed by atoms with Gasteiger partial charge in [-0.2, -0.15) is 0 Å². The van der Waals surface area contributed by atoms with Crippen LogP contribution in [0.3, 0.4) is 0 Å². The maximum absolute atomic E-state index is 4.73. The fraction of sp³-hybridized carbons (Fsp3) is 0. The van der Waals surface area contributed by atoms with E-state index in [9.17, 15) is 0 Å². The van der Waals surface area contributed by atoms with Gasteiger partial charge in [-0.25, -0.2) is 0 Å². The molecule has 0 rings (SSSR count). The van der Waals surface area contributed by atoms with Crippen LogP contribution in [-0.2, 0) is 0 Å². The van der Waals surface area contributed by atoms with Gasteiger partial charge in [-0.15, -0.1) is 0 Å². The van der Waals surface area contributed by atoms with Crippen LogP contribution in [0.15, 0.2) is 0 Å². The molecule has 0 unspecified atom stereocenters. The van der Waals surface area contributed by atoms with Gasteiger partial charge < -0.3 is 5.48 Å². The van der Waals surface area contributed by atoms with E-state index in [-0.39, 0.29) is 42.0 Å². The van der Waals surface area contributed by atoms with Crippen molar-refractivity contribution < 1.29 is 5.48 Å². The van der Waals surface area contributed by atoms with Crippen molar-refractivity contribution in [1.29, 1.82) is 0 Å². The van der Waals surface area contributed by atoms with Crippen LogP contribution in [0.2, 0.25) is 0 Å². The standard InChI is InChI=1S/H2O.3S.2Sb/h1H2;;;;;. The summed E-state index contributed by atoms with van der Waals surface area (Å²) in [6, 6.07) is 0. The van der Waals surface area contributed by atoms with Gasteiger partial charge in [-0.3, -0.25) is 0 Å². The van der Waals surface area contributed by atoms with E-state index >= 15 is 0 Å². The van der Waals surface area contributed by atoms with Crippen molar-refractivity contribution in [2.45, 2.75) is 0 Å². The van der Waals surface area contributed by atoms with Crippen molar-refractivity contribution in [2.75, 3.05) is 0 Å². The van der Waals surface area contributed by atoms with Gasteiger partial charge in [0.25, 0.3) is 0 Å². The molecule has 36 valence electrons. The second-order valence-electron chi connectivity index (χ2n) is 0.231. The van der Waals surface area contributed by atoms with Gasteiger partial charge in [0.2, 0.25) is 0 Å². The topological polar surface area (TPSA) is 31.5 Å². The zero-order chi connectivity index (χ0) is 4.12. The van der Waals surface area contributed by atoms with Crippen LogP contribution in [0, 0.1) is 0 Å². The first-order valence-electron chi connectivity index (χ1n) is 0.730. The first-order valence-corrected chi connectivity index (χ1v) is 14.7. The fourth-order valence-electron chi connectivity index (χ4n) is 0.0136. The Hall–Kier alpha value is 2.39. The van der Waals surface area contributed by atoms with Crippen LogP contribution in [-0.4, -0.2) is 42.0 Å². The minimum atomic E-state index is -0.198. The Kier molecular flexibility index (Phi) is 19.4. The summed E-state index contributed by atoms with van der Waals surface area (Å²) >= 11 is -0.396. The summed E-state index contributed by atoms with van der Waals surface area (Å²) in [7, 11) is 9.47. The molecule has 0 aliphatic carbocycles. The van der Waals surface area contributed by atoms with Gasteiger partial charge in [-0.1, -0.05) is 0 Å². The summed E-state index contributed by atoms with van der Waals surface area (Å²) in [6.45, 7) is 0. The van der Waals surface area contributed by atoms with E-state index in [4.69, 9.17) is 18.4 Å². The summed E-state index contributed by atoms with van der Waals surface area (Å²) in [5.74, 6) is 1.89. The molecule has 0 aromatic rings. The molecule has 0 aromatic heterocycles. The van der Waals surface area contributed by atoms with E-state index in [0.717, 1.165) is 0 Å². The van der Waals surface area contributed by atoms with E-state index in [1.54, 1.807) is 0 Å². The third-order valence-electron chi connectivity index (χ3n) is 0.0667. The molecule has 0 fully saturated rings. The van der Waals surface area contributed by atoms with Gasteiger partial charge in [0.15, 0.2) is 0 Å². The van der Waals surface area contributed by atoms with Gasteiger partial charge in [0.1, 0.15) is 0 Å². The summed E-state index contributed by atoms with van der Waals surface area (Å²) in [5.41, 5.74) is 0. The van der Waals surface area contributed by atoms with Gasteiger partial charge in [0.05, 0.1) is 0 Å². The molecule has 0 radical (unpaired) electrons. The molecule has 0 heterocycles. The first kappa shape index (κ1) is 11.2. The van der Waals surface area contributed by atoms with Crippen LogP contribution in [0.25, 0.3) is 0 Å². The molecule has 0 spiro atoms. The number of hydrogen-bond donors (Lipinski definition) is 0. The van der Waals surface area contributed by atoms with Crippen LogP contribution < -0.4 is 0 Å². The first-order chi connectivity index (χ1) is 2.41. The molecule has 0 aliphatic heterocycles. The van der Waals surface area contributed by atoms with E-state index in [2.05, 4.69) is 0 Å². The van der Waals surface area contributed by atoms with Crippen LogP contribution in [0.5, 0.6) is 0 Å². The molecule has 0 saturated carbocycles. The summed E-state index contributed by atoms with van der Waals surface area (Å²) in [6.07, 6.45) is 0. The molecule has 0 amide bonds. The Morgan fingerprint density at radius 3 is 1.50 bits per heavy atom. The Bertz CT molecular complexity index is 38.1. The summed E-state index contributed by atoms with van der Waals surface area (Å²) in [4.78, 5) is 0. The molecule has 0 atom stereocenters. The van der Waals surface area contributed by atoms with Gasteiger partial charge >= 0.3 is 60.8 Å². The van der Waals surface area contributed by atoms with Crippen molar-refractivity contribution in [3.05, 3.63) is 0 Å². The van der Waals surface area contributed by atoms with Gasteiger partial charge in [0, 0.05) is 0 Å². The van der Waals surface area contributed by atoms with E-state index in [0.29, 0.717) is 0 Å². The predicted octanol–water partition coefficient (Wildman–Crippen LogP) is 0.358. The fourth-order valence-corrected chi connectivity index (χ4v) is 16.5. The zero-order valence-corrected chi connectivity index (χ0v) is 10.2. The molecule has 0 aliphatic rings. The van der Waals surface area contributed by atoms with Crippen molar-refractivity contribution >= 4 is 60.8 Å². The Balaban J connectivity index is 0. The SMILES string of the molecule is O.[S]=[Sb][S][Sb]=[S]. The average molecular weight is 358 g/mol. The van der Waals surface area contributed by atoms with E-state index in [1.807, 2.05) is 5.94 Å². The van der Waals surface area contributed by atoms with Crippen LogP contribution in [0.4, 0.5) is 0 Å². The second kappa shape index (κ2) is 10.4. The third-order valence-corrected chi connectivity index (χ3v) is 27.0. The van der Waals surface area contributed by atoms with E-state index in [1.165, 1.54) is 0 Å². The molecule has 6 heteroatoms. The number of hydrogen-bond acceptors (Lipinski definition) is 3. The molecule has 2 N–H and O–H groups in total. The summed E-state index contributed by atoms with van der Waals surface area (Å²) < 4.78 is 0.